The Morgan fingerprint density at radius 3 is 2.44 bits per heavy atom. The van der Waals surface area contributed by atoms with Crippen LogP contribution in [0, 0.1) is 0 Å². The summed E-state index contributed by atoms with van der Waals surface area (Å²) in [7, 11) is 0. The molecular weight excluding hydrogens is 420 g/mol. The van der Waals surface area contributed by atoms with Gasteiger partial charge in [0.1, 0.15) is 11.1 Å². The smallest absolute Gasteiger partial charge is 0.255 e. The first-order valence-corrected chi connectivity index (χ1v) is 11.8. The number of thioether (sulfide) groups is 1. The van der Waals surface area contributed by atoms with Gasteiger partial charge < -0.3 is 10.1 Å². The first-order valence-electron chi connectivity index (χ1n) is 10.8. The van der Waals surface area contributed by atoms with Crippen molar-refractivity contribution in [3.8, 4) is 5.75 Å². The third-order valence-electron chi connectivity index (χ3n) is 5.24. The normalized spacial score (nSPS) is 15.6. The Labute approximate surface area is 192 Å². The molecule has 0 radical (unpaired) electrons. The predicted octanol–water partition coefficient (Wildman–Crippen LogP) is 5.90. The first-order chi connectivity index (χ1) is 15.7. The van der Waals surface area contributed by atoms with Gasteiger partial charge in [0.2, 0.25) is 5.91 Å². The minimum Gasteiger partial charge on any atom is -0.494 e. The van der Waals surface area contributed by atoms with E-state index in [1.54, 1.807) is 23.9 Å². The monoisotopic (exact) mass is 446 g/mol. The predicted molar refractivity (Wildman–Crippen MR) is 130 cm³/mol. The minimum atomic E-state index is -0.172. The lowest BCUT2D eigenvalue weighted by Gasteiger charge is -2.24. The van der Waals surface area contributed by atoms with Crippen LogP contribution < -0.4 is 15.0 Å². The molecule has 1 fully saturated rings. The summed E-state index contributed by atoms with van der Waals surface area (Å²) in [5, 5.41) is 2.86. The Hall–Kier alpha value is -3.25. The molecule has 6 heteroatoms. The molecule has 5 nitrogen and oxygen atoms in total. The third-order valence-corrected chi connectivity index (χ3v) is 6.45. The average Bonchev–Trinajstić information content (AvgIpc) is 3.22. The lowest BCUT2D eigenvalue weighted by molar-refractivity contribution is -0.115. The fourth-order valence-electron chi connectivity index (χ4n) is 3.51. The largest absolute Gasteiger partial charge is 0.494 e. The van der Waals surface area contributed by atoms with Crippen LogP contribution in [-0.2, 0) is 4.79 Å². The molecule has 32 heavy (non-hydrogen) atoms. The van der Waals surface area contributed by atoms with Gasteiger partial charge in [-0.2, -0.15) is 0 Å². The van der Waals surface area contributed by atoms with Gasteiger partial charge in [-0.1, -0.05) is 43.7 Å². The molecule has 0 aromatic heterocycles. The zero-order valence-corrected chi connectivity index (χ0v) is 18.8. The quantitative estimate of drug-likeness (QED) is 0.438. The van der Waals surface area contributed by atoms with Gasteiger partial charge in [0.05, 0.1) is 12.4 Å². The Kier molecular flexibility index (Phi) is 7.12. The SMILES string of the molecule is CCCCOc1ccc(C(=O)Nc2ccc(C3SCC(=O)N3c3ccccc3)cc2)cc1. The van der Waals surface area contributed by atoms with Crippen molar-refractivity contribution in [1.29, 1.82) is 0 Å². The molecule has 4 rings (SSSR count). The standard InChI is InChI=1S/C26H26N2O3S/c1-2-3-17-31-23-15-11-19(12-16-23)25(30)27-21-13-9-20(10-14-21)26-28(24(29)18-32-26)22-7-5-4-6-8-22/h4-16,26H,2-3,17-18H2,1H3,(H,27,30). The number of hydrogen-bond donors (Lipinski definition) is 1. The summed E-state index contributed by atoms with van der Waals surface area (Å²) >= 11 is 1.61. The number of rotatable bonds is 8. The maximum absolute atomic E-state index is 12.6. The van der Waals surface area contributed by atoms with Gasteiger partial charge in [-0.25, -0.2) is 0 Å². The van der Waals surface area contributed by atoms with Crippen LogP contribution >= 0.6 is 11.8 Å². The summed E-state index contributed by atoms with van der Waals surface area (Å²) in [6, 6.07) is 24.6. The highest BCUT2D eigenvalue weighted by Gasteiger charge is 2.33. The van der Waals surface area contributed by atoms with Crippen LogP contribution in [0.1, 0.15) is 41.1 Å². The molecule has 3 aromatic rings. The van der Waals surface area contributed by atoms with Gasteiger partial charge in [-0.15, -0.1) is 11.8 Å². The van der Waals surface area contributed by atoms with Crippen molar-refractivity contribution in [2.45, 2.75) is 25.1 Å². The number of hydrogen-bond acceptors (Lipinski definition) is 4. The van der Waals surface area contributed by atoms with E-state index in [0.717, 1.165) is 29.8 Å². The van der Waals surface area contributed by atoms with Crippen molar-refractivity contribution in [3.05, 3.63) is 90.0 Å². The number of carbonyl (C=O) groups excluding carboxylic acids is 2. The topological polar surface area (TPSA) is 58.6 Å². The summed E-state index contributed by atoms with van der Waals surface area (Å²) in [5.74, 6) is 1.15. The van der Waals surface area contributed by atoms with E-state index >= 15 is 0 Å². The molecule has 0 bridgehead atoms. The van der Waals surface area contributed by atoms with Crippen LogP contribution in [0.3, 0.4) is 0 Å². The number of unbranched alkanes of at least 4 members (excludes halogenated alkanes) is 1. The van der Waals surface area contributed by atoms with Crippen molar-refractivity contribution >= 4 is 35.0 Å². The number of nitrogens with zero attached hydrogens (tertiary/aromatic N) is 1. The molecule has 1 N–H and O–H groups in total. The van der Waals surface area contributed by atoms with Crippen LogP contribution in [0.2, 0.25) is 0 Å². The molecule has 1 aliphatic rings. The van der Waals surface area contributed by atoms with E-state index < -0.39 is 0 Å². The number of para-hydroxylation sites is 1. The minimum absolute atomic E-state index is 0.0742. The summed E-state index contributed by atoms with van der Waals surface area (Å²) in [6.07, 6.45) is 2.09. The van der Waals surface area contributed by atoms with E-state index in [4.69, 9.17) is 4.74 Å². The third kappa shape index (κ3) is 5.14. The zero-order valence-electron chi connectivity index (χ0n) is 18.0. The Bertz CT molecular complexity index is 1050. The van der Waals surface area contributed by atoms with Gasteiger partial charge in [0, 0.05) is 16.9 Å². The molecule has 0 aliphatic carbocycles. The van der Waals surface area contributed by atoms with Crippen molar-refractivity contribution in [1.82, 2.24) is 0 Å². The van der Waals surface area contributed by atoms with Crippen LogP contribution in [0.25, 0.3) is 0 Å². The molecule has 1 saturated heterocycles. The van der Waals surface area contributed by atoms with E-state index in [2.05, 4.69) is 12.2 Å². The fourth-order valence-corrected chi connectivity index (χ4v) is 4.69. The molecule has 1 atom stereocenters. The van der Waals surface area contributed by atoms with Crippen molar-refractivity contribution in [2.75, 3.05) is 22.6 Å². The maximum Gasteiger partial charge on any atom is 0.255 e. The number of carbonyl (C=O) groups is 2. The second-order valence-electron chi connectivity index (χ2n) is 7.57. The molecule has 1 aliphatic heterocycles. The Morgan fingerprint density at radius 1 is 1.03 bits per heavy atom. The highest BCUT2D eigenvalue weighted by molar-refractivity contribution is 8.00. The number of ether oxygens (including phenoxy) is 1. The molecule has 3 aromatic carbocycles. The van der Waals surface area contributed by atoms with Gasteiger partial charge >= 0.3 is 0 Å². The molecule has 0 spiro atoms. The maximum atomic E-state index is 12.6. The lowest BCUT2D eigenvalue weighted by Crippen LogP contribution is -2.27. The van der Waals surface area contributed by atoms with Crippen LogP contribution in [0.5, 0.6) is 5.75 Å². The first kappa shape index (κ1) is 22.0. The average molecular weight is 447 g/mol. The number of nitrogens with one attached hydrogen (secondary N) is 1. The molecular formula is C26H26N2O3S. The number of anilines is 2. The van der Waals surface area contributed by atoms with Gasteiger partial charge in [-0.05, 0) is 60.5 Å². The van der Waals surface area contributed by atoms with Crippen molar-refractivity contribution in [3.63, 3.8) is 0 Å². The lowest BCUT2D eigenvalue weighted by atomic mass is 10.1. The van der Waals surface area contributed by atoms with Crippen LogP contribution in [0.15, 0.2) is 78.9 Å². The summed E-state index contributed by atoms with van der Waals surface area (Å²) < 4.78 is 5.65. The van der Waals surface area contributed by atoms with E-state index in [9.17, 15) is 9.59 Å². The zero-order chi connectivity index (χ0) is 22.3. The van der Waals surface area contributed by atoms with Gasteiger partial charge in [0.25, 0.3) is 5.91 Å². The molecule has 1 unspecified atom stereocenters. The fraction of sp³-hybridized carbons (Fsp3) is 0.231. The highest BCUT2D eigenvalue weighted by Crippen LogP contribution is 2.41. The second kappa shape index (κ2) is 10.4. The molecule has 2 amide bonds. The van der Waals surface area contributed by atoms with Crippen LogP contribution in [-0.4, -0.2) is 24.2 Å². The van der Waals surface area contributed by atoms with Gasteiger partial charge in [-0.3, -0.25) is 14.5 Å². The summed E-state index contributed by atoms with van der Waals surface area (Å²) in [5.41, 5.74) is 3.20. The van der Waals surface area contributed by atoms with E-state index in [0.29, 0.717) is 23.6 Å². The summed E-state index contributed by atoms with van der Waals surface area (Å²) in [6.45, 7) is 2.80. The van der Waals surface area contributed by atoms with Gasteiger partial charge in [0.15, 0.2) is 0 Å². The molecule has 164 valence electrons. The second-order valence-corrected chi connectivity index (χ2v) is 8.63. The van der Waals surface area contributed by atoms with Crippen LogP contribution in [0.4, 0.5) is 11.4 Å². The number of benzene rings is 3. The van der Waals surface area contributed by atoms with E-state index in [1.807, 2.05) is 71.6 Å². The number of amides is 2. The van der Waals surface area contributed by atoms with E-state index in [-0.39, 0.29) is 17.2 Å². The summed E-state index contributed by atoms with van der Waals surface area (Å²) in [4.78, 5) is 26.9. The highest BCUT2D eigenvalue weighted by atomic mass is 32.2. The Morgan fingerprint density at radius 2 is 1.75 bits per heavy atom. The molecule has 0 saturated carbocycles. The molecule has 1 heterocycles. The van der Waals surface area contributed by atoms with E-state index in [1.165, 1.54) is 0 Å². The van der Waals surface area contributed by atoms with Crippen molar-refractivity contribution < 1.29 is 14.3 Å². The van der Waals surface area contributed by atoms with Crippen molar-refractivity contribution in [2.24, 2.45) is 0 Å². The Balaban J connectivity index is 1.40.